The topological polar surface area (TPSA) is 76.5 Å². The molecule has 3 rings (SSSR count). The Balaban J connectivity index is 1.81. The molecule has 2 aromatic heterocycles. The molecule has 0 radical (unpaired) electrons. The summed E-state index contributed by atoms with van der Waals surface area (Å²) in [7, 11) is 0. The predicted octanol–water partition coefficient (Wildman–Crippen LogP) is 1.86. The number of aromatic nitrogens is 5. The van der Waals surface area contributed by atoms with Crippen LogP contribution in [-0.4, -0.2) is 31.0 Å². The highest BCUT2D eigenvalue weighted by atomic mass is 16.1. The number of hydrogen-bond acceptors (Lipinski definition) is 4. The van der Waals surface area contributed by atoms with E-state index < -0.39 is 0 Å². The van der Waals surface area contributed by atoms with E-state index in [1.165, 1.54) is 4.80 Å². The van der Waals surface area contributed by atoms with Crippen molar-refractivity contribution < 1.29 is 4.79 Å². The van der Waals surface area contributed by atoms with Gasteiger partial charge in [-0.05, 0) is 29.8 Å². The van der Waals surface area contributed by atoms with Crippen molar-refractivity contribution in [1.82, 2.24) is 25.2 Å². The fraction of sp³-hybridized carbons (Fsp3) is 0.143. The van der Waals surface area contributed by atoms with Crippen LogP contribution in [0.25, 0.3) is 11.4 Å². The molecule has 0 spiro atoms. The number of benzene rings is 1. The van der Waals surface area contributed by atoms with Crippen LogP contribution in [0.2, 0.25) is 0 Å². The number of Topliss-reactive ketones (excluding diaryl/α,β-unsaturated/α-hetero) is 1. The number of carbonyl (C=O) groups is 1. The van der Waals surface area contributed by atoms with Crippen LogP contribution in [0.5, 0.6) is 0 Å². The Bertz CT molecular complexity index is 730. The van der Waals surface area contributed by atoms with Crippen molar-refractivity contribution >= 4 is 5.78 Å². The van der Waals surface area contributed by atoms with Gasteiger partial charge < -0.3 is 4.98 Å². The number of rotatable bonds is 4. The summed E-state index contributed by atoms with van der Waals surface area (Å²) in [5.41, 5.74) is 2.54. The molecule has 6 heteroatoms. The molecule has 2 heterocycles. The summed E-state index contributed by atoms with van der Waals surface area (Å²) in [6.07, 6.45) is 1.71. The van der Waals surface area contributed by atoms with Gasteiger partial charge in [0.05, 0.1) is 5.69 Å². The highest BCUT2D eigenvalue weighted by Gasteiger charge is 2.12. The number of H-pyrrole nitrogens is 1. The van der Waals surface area contributed by atoms with E-state index in [4.69, 9.17) is 0 Å². The van der Waals surface area contributed by atoms with Gasteiger partial charge >= 0.3 is 0 Å². The normalized spacial score (nSPS) is 10.7. The van der Waals surface area contributed by atoms with Crippen LogP contribution in [0.4, 0.5) is 0 Å². The molecule has 0 aliphatic rings. The zero-order valence-corrected chi connectivity index (χ0v) is 10.9. The number of nitrogens with zero attached hydrogens (tertiary/aromatic N) is 4. The smallest absolute Gasteiger partial charge is 0.205 e. The Labute approximate surface area is 115 Å². The summed E-state index contributed by atoms with van der Waals surface area (Å²) in [6, 6.07) is 11.3. The molecule has 3 aromatic rings. The van der Waals surface area contributed by atoms with E-state index in [1.807, 2.05) is 31.2 Å². The maximum atomic E-state index is 11.9. The summed E-state index contributed by atoms with van der Waals surface area (Å²) < 4.78 is 0. The first-order valence-corrected chi connectivity index (χ1v) is 6.24. The van der Waals surface area contributed by atoms with Crippen molar-refractivity contribution in [2.24, 2.45) is 0 Å². The molecular weight excluding hydrogens is 254 g/mol. The fourth-order valence-corrected chi connectivity index (χ4v) is 1.96. The summed E-state index contributed by atoms with van der Waals surface area (Å²) in [5, 5.41) is 12.2. The second-order valence-electron chi connectivity index (χ2n) is 4.47. The lowest BCUT2D eigenvalue weighted by Gasteiger charge is -1.99. The first kappa shape index (κ1) is 12.3. The fourth-order valence-electron chi connectivity index (χ4n) is 1.96. The molecule has 100 valence electrons. The Morgan fingerprint density at radius 2 is 2.10 bits per heavy atom. The number of hydrogen-bond donors (Lipinski definition) is 1. The van der Waals surface area contributed by atoms with Crippen LogP contribution < -0.4 is 0 Å². The van der Waals surface area contributed by atoms with E-state index in [0.717, 1.165) is 11.1 Å². The third-order valence-electron chi connectivity index (χ3n) is 3.02. The first-order chi connectivity index (χ1) is 9.74. The molecule has 1 N–H and O–H groups in total. The van der Waals surface area contributed by atoms with E-state index in [1.54, 1.807) is 18.3 Å². The van der Waals surface area contributed by atoms with E-state index in [-0.39, 0.29) is 12.3 Å². The summed E-state index contributed by atoms with van der Waals surface area (Å²) in [5.74, 6) is 0.450. The molecule has 0 unspecified atom stereocenters. The molecule has 0 bridgehead atoms. The molecule has 20 heavy (non-hydrogen) atoms. The van der Waals surface area contributed by atoms with Gasteiger partial charge in [0.15, 0.2) is 0 Å². The second kappa shape index (κ2) is 5.08. The quantitative estimate of drug-likeness (QED) is 0.732. The van der Waals surface area contributed by atoms with Crippen LogP contribution >= 0.6 is 0 Å². The Morgan fingerprint density at radius 1 is 1.25 bits per heavy atom. The molecule has 1 aromatic carbocycles. The van der Waals surface area contributed by atoms with Gasteiger partial charge in [-0.25, -0.2) is 0 Å². The summed E-state index contributed by atoms with van der Waals surface area (Å²) >= 11 is 0. The van der Waals surface area contributed by atoms with Gasteiger partial charge in [0.1, 0.15) is 6.54 Å². The monoisotopic (exact) mass is 267 g/mol. The minimum absolute atomic E-state index is 0.0688. The molecule has 0 atom stereocenters. The van der Waals surface area contributed by atoms with Crippen LogP contribution in [-0.2, 0) is 6.54 Å². The van der Waals surface area contributed by atoms with Gasteiger partial charge in [-0.1, -0.05) is 24.3 Å². The van der Waals surface area contributed by atoms with E-state index in [2.05, 4.69) is 20.4 Å². The van der Waals surface area contributed by atoms with Crippen molar-refractivity contribution in [2.45, 2.75) is 13.5 Å². The van der Waals surface area contributed by atoms with E-state index in [9.17, 15) is 4.79 Å². The molecule has 0 saturated heterocycles. The van der Waals surface area contributed by atoms with Crippen LogP contribution in [0.15, 0.2) is 42.6 Å². The zero-order valence-electron chi connectivity index (χ0n) is 10.9. The summed E-state index contributed by atoms with van der Waals surface area (Å²) in [6.45, 7) is 2.06. The third kappa shape index (κ3) is 2.35. The minimum atomic E-state index is -0.0799. The molecule has 0 saturated carbocycles. The lowest BCUT2D eigenvalue weighted by molar-refractivity contribution is 0.0957. The average molecular weight is 267 g/mol. The van der Waals surface area contributed by atoms with Gasteiger partial charge in [0, 0.05) is 11.8 Å². The van der Waals surface area contributed by atoms with Gasteiger partial charge in [-0.2, -0.15) is 4.80 Å². The largest absolute Gasteiger partial charge is 0.359 e. The van der Waals surface area contributed by atoms with Gasteiger partial charge in [0.2, 0.25) is 11.6 Å². The number of carbonyl (C=O) groups excluding carboxylic acids is 1. The van der Waals surface area contributed by atoms with Gasteiger partial charge in [0.25, 0.3) is 0 Å². The van der Waals surface area contributed by atoms with Crippen molar-refractivity contribution in [3.05, 3.63) is 53.9 Å². The van der Waals surface area contributed by atoms with E-state index >= 15 is 0 Å². The molecule has 6 nitrogen and oxygen atoms in total. The summed E-state index contributed by atoms with van der Waals surface area (Å²) in [4.78, 5) is 16.1. The minimum Gasteiger partial charge on any atom is -0.359 e. The second-order valence-corrected chi connectivity index (χ2v) is 4.47. The van der Waals surface area contributed by atoms with Gasteiger partial charge in [-0.3, -0.25) is 4.79 Å². The Kier molecular flexibility index (Phi) is 3.12. The van der Waals surface area contributed by atoms with Crippen molar-refractivity contribution in [3.63, 3.8) is 0 Å². The SMILES string of the molecule is Cc1ccccc1-c1nnn(CC(=O)c2ccc[nH]2)n1. The van der Waals surface area contributed by atoms with Crippen molar-refractivity contribution in [3.8, 4) is 11.4 Å². The first-order valence-electron chi connectivity index (χ1n) is 6.24. The lowest BCUT2D eigenvalue weighted by atomic mass is 10.1. The molecular formula is C14H13N5O. The van der Waals surface area contributed by atoms with Crippen molar-refractivity contribution in [2.75, 3.05) is 0 Å². The number of aryl methyl sites for hydroxylation is 1. The zero-order chi connectivity index (χ0) is 13.9. The van der Waals surface area contributed by atoms with Crippen LogP contribution in [0.3, 0.4) is 0 Å². The third-order valence-corrected chi connectivity index (χ3v) is 3.02. The Hall–Kier alpha value is -2.76. The molecule has 0 aliphatic heterocycles. The van der Waals surface area contributed by atoms with Crippen molar-refractivity contribution in [1.29, 1.82) is 0 Å². The Morgan fingerprint density at radius 3 is 2.85 bits per heavy atom. The van der Waals surface area contributed by atoms with Crippen LogP contribution in [0.1, 0.15) is 16.1 Å². The lowest BCUT2D eigenvalue weighted by Crippen LogP contribution is -2.13. The maximum absolute atomic E-state index is 11.9. The number of nitrogens with one attached hydrogen (secondary N) is 1. The van der Waals surface area contributed by atoms with Crippen LogP contribution in [0, 0.1) is 6.92 Å². The number of aromatic amines is 1. The number of ketones is 1. The van der Waals surface area contributed by atoms with E-state index in [0.29, 0.717) is 11.5 Å². The molecule has 0 amide bonds. The maximum Gasteiger partial charge on any atom is 0.205 e. The molecule has 0 fully saturated rings. The molecule has 0 aliphatic carbocycles. The standard InChI is InChI=1S/C14H13N5O/c1-10-5-2-3-6-11(10)14-16-18-19(17-14)9-13(20)12-7-4-8-15-12/h2-8,15H,9H2,1H3. The predicted molar refractivity (Wildman–Crippen MR) is 73.1 cm³/mol. The van der Waals surface area contributed by atoms with Gasteiger partial charge in [-0.15, -0.1) is 10.2 Å². The highest BCUT2D eigenvalue weighted by Crippen LogP contribution is 2.17. The highest BCUT2D eigenvalue weighted by molar-refractivity contribution is 5.93. The average Bonchev–Trinajstić information content (AvgIpc) is 3.10. The number of tetrazole rings is 1.